The quantitative estimate of drug-likeness (QED) is 0.481. The molecule has 0 spiro atoms. The van der Waals surface area contributed by atoms with Crippen LogP contribution in [-0.2, 0) is 14.8 Å². The zero-order valence-corrected chi connectivity index (χ0v) is 15.9. The minimum atomic E-state index is -3.79. The van der Waals surface area contributed by atoms with Gasteiger partial charge in [-0.1, -0.05) is 6.58 Å². The highest BCUT2D eigenvalue weighted by atomic mass is 32.2. The van der Waals surface area contributed by atoms with E-state index in [1.54, 1.807) is 6.92 Å². The number of sulfonamides is 1. The molecule has 1 aromatic heterocycles. The van der Waals surface area contributed by atoms with Crippen molar-refractivity contribution in [2.75, 3.05) is 24.7 Å². The maximum Gasteiger partial charge on any atom is 0.321 e. The Bertz CT molecular complexity index is 879. The number of hydrogen-bond acceptors (Lipinski definition) is 8. The van der Waals surface area contributed by atoms with Crippen molar-refractivity contribution in [1.82, 2.24) is 9.97 Å². The molecular formula is C16H21N5O5S. The van der Waals surface area contributed by atoms with Gasteiger partial charge in [-0.15, -0.1) is 0 Å². The fourth-order valence-corrected chi connectivity index (χ4v) is 2.49. The molecule has 0 saturated heterocycles. The summed E-state index contributed by atoms with van der Waals surface area (Å²) in [6.45, 7) is 4.85. The second-order valence-electron chi connectivity index (χ2n) is 5.10. The number of anilines is 2. The third-order valence-electron chi connectivity index (χ3n) is 2.92. The maximum atomic E-state index is 12.2. The number of carbonyl (C=O) groups excluding carboxylic acids is 1. The summed E-state index contributed by atoms with van der Waals surface area (Å²) in [6.07, 6.45) is 0. The molecule has 5 N–H and O–H groups in total. The number of hydrogen-bond donors (Lipinski definition) is 3. The first-order valence-corrected chi connectivity index (χ1v) is 8.88. The molecule has 27 heavy (non-hydrogen) atoms. The number of amides is 1. The van der Waals surface area contributed by atoms with Crippen molar-refractivity contribution in [3.8, 4) is 11.9 Å². The summed E-state index contributed by atoms with van der Waals surface area (Å²) in [5, 5.41) is 0. The van der Waals surface area contributed by atoms with Gasteiger partial charge in [0.1, 0.15) is 0 Å². The second-order valence-corrected chi connectivity index (χ2v) is 6.78. The van der Waals surface area contributed by atoms with Gasteiger partial charge in [-0.05, 0) is 31.2 Å². The topological polar surface area (TPSA) is 160 Å². The Kier molecular flexibility index (Phi) is 7.54. The third-order valence-corrected chi connectivity index (χ3v) is 4.29. The summed E-state index contributed by atoms with van der Waals surface area (Å²) in [4.78, 5) is 17.7. The molecule has 0 fully saturated rings. The molecule has 146 valence electrons. The number of carbonyl (C=O) groups is 1. The highest BCUT2D eigenvalue weighted by Crippen LogP contribution is 2.20. The number of ether oxygens (including phenoxy) is 2. The molecule has 0 bridgehead atoms. The number of rotatable bonds is 6. The predicted molar refractivity (Wildman–Crippen MR) is 101 cm³/mol. The lowest BCUT2D eigenvalue weighted by Crippen LogP contribution is -2.14. The third kappa shape index (κ3) is 6.82. The molecule has 1 aromatic carbocycles. The van der Waals surface area contributed by atoms with Crippen LogP contribution in [0.5, 0.6) is 11.9 Å². The standard InChI is InChI=1S/C12H14N4O4S.C4H7NO/c1-19-11-7-10(14-12(15-11)20-2)16-21(17,18)9-5-3-8(13)4-6-9;1-3(2)4(5)6/h3-7H,13H2,1-2H3,(H,14,15,16);1H2,2H3,(H2,5,6). The molecule has 1 heterocycles. The fourth-order valence-electron chi connectivity index (χ4n) is 1.50. The molecule has 0 aliphatic rings. The summed E-state index contributed by atoms with van der Waals surface area (Å²) in [5.41, 5.74) is 11.1. The van der Waals surface area contributed by atoms with Crippen molar-refractivity contribution in [2.45, 2.75) is 11.8 Å². The van der Waals surface area contributed by atoms with Gasteiger partial charge in [0.2, 0.25) is 11.8 Å². The number of nitrogens with two attached hydrogens (primary N) is 2. The van der Waals surface area contributed by atoms with Gasteiger partial charge in [-0.3, -0.25) is 9.52 Å². The molecule has 0 atom stereocenters. The largest absolute Gasteiger partial charge is 0.481 e. The number of nitrogens with zero attached hydrogens (tertiary/aromatic N) is 2. The molecule has 2 aromatic rings. The van der Waals surface area contributed by atoms with Crippen LogP contribution in [0.4, 0.5) is 11.5 Å². The average Bonchev–Trinajstić information content (AvgIpc) is 2.61. The first-order chi connectivity index (χ1) is 12.6. The van der Waals surface area contributed by atoms with Crippen molar-refractivity contribution in [1.29, 1.82) is 0 Å². The monoisotopic (exact) mass is 395 g/mol. The van der Waals surface area contributed by atoms with Gasteiger partial charge in [-0.25, -0.2) is 8.42 Å². The summed E-state index contributed by atoms with van der Waals surface area (Å²) in [5.74, 6) is -0.220. The Hall–Kier alpha value is -3.34. The Morgan fingerprint density at radius 1 is 1.15 bits per heavy atom. The Morgan fingerprint density at radius 2 is 1.70 bits per heavy atom. The average molecular weight is 395 g/mol. The van der Waals surface area contributed by atoms with Gasteiger partial charge >= 0.3 is 6.01 Å². The van der Waals surface area contributed by atoms with Crippen LogP contribution in [0.25, 0.3) is 0 Å². The predicted octanol–water partition coefficient (Wildman–Crippen LogP) is 0.925. The number of primary amides is 1. The Morgan fingerprint density at radius 3 is 2.15 bits per heavy atom. The maximum absolute atomic E-state index is 12.2. The lowest BCUT2D eigenvalue weighted by molar-refractivity contribution is -0.114. The molecule has 0 radical (unpaired) electrons. The Balaban J connectivity index is 0.000000527. The number of nitrogen functional groups attached to an aromatic ring is 1. The van der Waals surface area contributed by atoms with E-state index < -0.39 is 15.9 Å². The zero-order valence-electron chi connectivity index (χ0n) is 15.1. The first kappa shape index (κ1) is 21.7. The van der Waals surface area contributed by atoms with Crippen molar-refractivity contribution in [2.24, 2.45) is 5.73 Å². The van der Waals surface area contributed by atoms with Crippen LogP contribution >= 0.6 is 0 Å². The second kappa shape index (κ2) is 9.38. The van der Waals surface area contributed by atoms with Crippen LogP contribution < -0.4 is 25.7 Å². The van der Waals surface area contributed by atoms with Gasteiger partial charge in [0, 0.05) is 17.3 Å². The molecule has 0 aliphatic carbocycles. The normalized spacial score (nSPS) is 10.2. The van der Waals surface area contributed by atoms with E-state index in [1.165, 1.54) is 44.6 Å². The van der Waals surface area contributed by atoms with Crippen LogP contribution in [0.3, 0.4) is 0 Å². The van der Waals surface area contributed by atoms with Crippen LogP contribution in [0.2, 0.25) is 0 Å². The smallest absolute Gasteiger partial charge is 0.321 e. The molecule has 0 saturated carbocycles. The minimum absolute atomic E-state index is 0.00986. The number of nitrogens with one attached hydrogen (secondary N) is 1. The summed E-state index contributed by atoms with van der Waals surface area (Å²) >= 11 is 0. The molecular weight excluding hydrogens is 374 g/mol. The van der Waals surface area contributed by atoms with Gasteiger partial charge in [-0.2, -0.15) is 9.97 Å². The molecule has 10 nitrogen and oxygen atoms in total. The number of benzene rings is 1. The van der Waals surface area contributed by atoms with E-state index in [1.807, 2.05) is 0 Å². The zero-order chi connectivity index (χ0) is 20.6. The van der Waals surface area contributed by atoms with Gasteiger partial charge in [0.25, 0.3) is 10.0 Å². The highest BCUT2D eigenvalue weighted by molar-refractivity contribution is 7.92. The fraction of sp³-hybridized carbons (Fsp3) is 0.188. The molecule has 0 aliphatic heterocycles. The molecule has 2 rings (SSSR count). The van der Waals surface area contributed by atoms with E-state index in [-0.39, 0.29) is 22.6 Å². The summed E-state index contributed by atoms with van der Waals surface area (Å²) in [6, 6.07) is 7.12. The molecule has 11 heteroatoms. The van der Waals surface area contributed by atoms with Crippen molar-refractivity contribution in [3.63, 3.8) is 0 Å². The SMILES string of the molecule is C=C(C)C(N)=O.COc1cc(NS(=O)(=O)c2ccc(N)cc2)nc(OC)n1. The van der Waals surface area contributed by atoms with Crippen LogP contribution in [0.15, 0.2) is 47.4 Å². The van der Waals surface area contributed by atoms with E-state index in [4.69, 9.17) is 20.9 Å². The number of methoxy groups -OCH3 is 2. The van der Waals surface area contributed by atoms with Crippen LogP contribution in [0.1, 0.15) is 6.92 Å². The molecule has 1 amide bonds. The van der Waals surface area contributed by atoms with E-state index in [9.17, 15) is 13.2 Å². The Labute approximate surface area is 157 Å². The van der Waals surface area contributed by atoms with E-state index in [0.717, 1.165) is 0 Å². The van der Waals surface area contributed by atoms with E-state index >= 15 is 0 Å². The van der Waals surface area contributed by atoms with Crippen LogP contribution in [0, 0.1) is 0 Å². The van der Waals surface area contributed by atoms with Gasteiger partial charge in [0.15, 0.2) is 5.82 Å². The van der Waals surface area contributed by atoms with Crippen LogP contribution in [-0.4, -0.2) is 38.5 Å². The van der Waals surface area contributed by atoms with E-state index in [0.29, 0.717) is 11.3 Å². The summed E-state index contributed by atoms with van der Waals surface area (Å²) in [7, 11) is -1.02. The highest BCUT2D eigenvalue weighted by Gasteiger charge is 2.16. The van der Waals surface area contributed by atoms with Gasteiger partial charge < -0.3 is 20.9 Å². The molecule has 0 unspecified atom stereocenters. The number of aromatic nitrogens is 2. The lowest BCUT2D eigenvalue weighted by Gasteiger charge is -2.09. The van der Waals surface area contributed by atoms with Crippen molar-refractivity contribution >= 4 is 27.4 Å². The van der Waals surface area contributed by atoms with Gasteiger partial charge in [0.05, 0.1) is 19.1 Å². The lowest BCUT2D eigenvalue weighted by atomic mass is 10.3. The van der Waals surface area contributed by atoms with E-state index in [2.05, 4.69) is 21.3 Å². The minimum Gasteiger partial charge on any atom is -0.481 e. The first-order valence-electron chi connectivity index (χ1n) is 7.39. The van der Waals surface area contributed by atoms with Crippen molar-refractivity contribution < 1.29 is 22.7 Å². The van der Waals surface area contributed by atoms with Crippen molar-refractivity contribution in [3.05, 3.63) is 42.5 Å². The summed E-state index contributed by atoms with van der Waals surface area (Å²) < 4.78 is 36.6.